The van der Waals surface area contributed by atoms with Crippen LogP contribution in [0.15, 0.2) is 168 Å². The predicted molar refractivity (Wildman–Crippen MR) is 217 cm³/mol. The number of hydrogen-bond acceptors (Lipinski definition) is 4. The van der Waals surface area contributed by atoms with Crippen molar-refractivity contribution in [1.82, 2.24) is 0 Å². The molecule has 4 heteroatoms. The zero-order valence-corrected chi connectivity index (χ0v) is 28.4. The molecule has 0 saturated carbocycles. The van der Waals surface area contributed by atoms with Gasteiger partial charge < -0.3 is 9.32 Å². The van der Waals surface area contributed by atoms with Gasteiger partial charge in [0, 0.05) is 73.3 Å². The molecular formula is C46H27NOS2. The normalized spacial score (nSPS) is 12.0. The summed E-state index contributed by atoms with van der Waals surface area (Å²) in [6, 6.07) is 59.2. The minimum atomic E-state index is 0.887. The first-order valence-corrected chi connectivity index (χ1v) is 18.5. The second-order valence-electron chi connectivity index (χ2n) is 12.9. The lowest BCUT2D eigenvalue weighted by Crippen LogP contribution is -2.10. The molecule has 0 aliphatic rings. The summed E-state index contributed by atoms with van der Waals surface area (Å²) in [7, 11) is 0. The van der Waals surface area contributed by atoms with Crippen LogP contribution in [-0.4, -0.2) is 0 Å². The molecular weight excluding hydrogens is 647 g/mol. The summed E-state index contributed by atoms with van der Waals surface area (Å²) in [5.74, 6) is 0. The standard InChI is InChI=1S/C46H27NOS2/c1-2-9-30(10-3-1)47(40-14-8-13-35-32-11-4-6-15-41(32)48-44(35)40)31-20-17-28(18-21-31)29-19-22-34-37-24-26-38-39(46(37)50-43(34)27-29)25-23-36-33-12-5-7-16-42(33)49-45(36)38/h1-27H. The summed E-state index contributed by atoms with van der Waals surface area (Å²) in [6.07, 6.45) is 0. The summed E-state index contributed by atoms with van der Waals surface area (Å²) in [5, 5.41) is 10.3. The van der Waals surface area contributed by atoms with Gasteiger partial charge >= 0.3 is 0 Å². The lowest BCUT2D eigenvalue weighted by Gasteiger charge is -2.25. The second-order valence-corrected chi connectivity index (χ2v) is 15.0. The Kier molecular flexibility index (Phi) is 6.03. The van der Waals surface area contributed by atoms with E-state index in [0.717, 1.165) is 39.0 Å². The van der Waals surface area contributed by atoms with Crippen LogP contribution in [0.4, 0.5) is 17.1 Å². The fraction of sp³-hybridized carbons (Fsp3) is 0. The largest absolute Gasteiger partial charge is 0.454 e. The fourth-order valence-electron chi connectivity index (χ4n) is 7.72. The van der Waals surface area contributed by atoms with Crippen LogP contribution in [0.1, 0.15) is 0 Å². The number of furan rings is 1. The Balaban J connectivity index is 1.01. The first-order chi connectivity index (χ1) is 24.8. The van der Waals surface area contributed by atoms with Crippen molar-refractivity contribution < 1.29 is 4.42 Å². The molecule has 0 N–H and O–H groups in total. The van der Waals surface area contributed by atoms with Crippen molar-refractivity contribution in [2.24, 2.45) is 0 Å². The predicted octanol–water partition coefficient (Wildman–Crippen LogP) is 14.6. The molecule has 0 unspecified atom stereocenters. The van der Waals surface area contributed by atoms with Crippen molar-refractivity contribution in [1.29, 1.82) is 0 Å². The molecule has 3 aromatic heterocycles. The number of rotatable bonds is 4. The summed E-state index contributed by atoms with van der Waals surface area (Å²) >= 11 is 3.81. The summed E-state index contributed by atoms with van der Waals surface area (Å²) in [5.41, 5.74) is 7.38. The van der Waals surface area contributed by atoms with E-state index >= 15 is 0 Å². The van der Waals surface area contributed by atoms with Crippen molar-refractivity contribution >= 4 is 113 Å². The third-order valence-electron chi connectivity index (χ3n) is 10.1. The van der Waals surface area contributed by atoms with E-state index in [1.54, 1.807) is 0 Å². The Labute approximate surface area is 295 Å². The van der Waals surface area contributed by atoms with Gasteiger partial charge in [0.05, 0.1) is 5.69 Å². The monoisotopic (exact) mass is 673 g/mol. The van der Waals surface area contributed by atoms with Gasteiger partial charge in [0.25, 0.3) is 0 Å². The Morgan fingerprint density at radius 2 is 0.940 bits per heavy atom. The summed E-state index contributed by atoms with van der Waals surface area (Å²) in [6.45, 7) is 0. The molecule has 0 spiro atoms. The van der Waals surface area contributed by atoms with Crippen molar-refractivity contribution in [3.63, 3.8) is 0 Å². The highest BCUT2D eigenvalue weighted by molar-refractivity contribution is 7.28. The Morgan fingerprint density at radius 1 is 0.380 bits per heavy atom. The van der Waals surface area contributed by atoms with Crippen LogP contribution in [0.2, 0.25) is 0 Å². The molecule has 234 valence electrons. The maximum Gasteiger partial charge on any atom is 0.159 e. The van der Waals surface area contributed by atoms with Gasteiger partial charge in [0.1, 0.15) is 5.58 Å². The first-order valence-electron chi connectivity index (χ1n) is 16.8. The van der Waals surface area contributed by atoms with Crippen molar-refractivity contribution in [3.05, 3.63) is 164 Å². The van der Waals surface area contributed by atoms with E-state index in [2.05, 4.69) is 157 Å². The number of anilines is 3. The average Bonchev–Trinajstić information content (AvgIpc) is 3.87. The average molecular weight is 674 g/mol. The van der Waals surface area contributed by atoms with Crippen molar-refractivity contribution in [3.8, 4) is 11.1 Å². The van der Waals surface area contributed by atoms with Gasteiger partial charge in [-0.25, -0.2) is 0 Å². The lowest BCUT2D eigenvalue weighted by atomic mass is 10.0. The molecule has 2 nitrogen and oxygen atoms in total. The maximum absolute atomic E-state index is 6.49. The quantitative estimate of drug-likeness (QED) is 0.185. The van der Waals surface area contributed by atoms with Gasteiger partial charge in [-0.15, -0.1) is 22.7 Å². The van der Waals surface area contributed by atoms with Gasteiger partial charge in [0.2, 0.25) is 0 Å². The molecule has 0 bridgehead atoms. The minimum Gasteiger partial charge on any atom is -0.454 e. The van der Waals surface area contributed by atoms with Crippen LogP contribution < -0.4 is 4.90 Å². The molecule has 11 aromatic rings. The topological polar surface area (TPSA) is 16.4 Å². The third kappa shape index (κ3) is 4.13. The molecule has 0 radical (unpaired) electrons. The van der Waals surface area contributed by atoms with E-state index in [1.165, 1.54) is 62.2 Å². The van der Waals surface area contributed by atoms with Crippen LogP contribution in [0.5, 0.6) is 0 Å². The zero-order chi connectivity index (χ0) is 32.8. The Bertz CT molecular complexity index is 3090. The molecule has 0 aliphatic heterocycles. The van der Waals surface area contributed by atoms with Crippen LogP contribution in [-0.2, 0) is 0 Å². The van der Waals surface area contributed by atoms with Crippen LogP contribution >= 0.6 is 22.7 Å². The van der Waals surface area contributed by atoms with Gasteiger partial charge in [0.15, 0.2) is 5.58 Å². The minimum absolute atomic E-state index is 0.887. The molecule has 0 aliphatic carbocycles. The highest BCUT2D eigenvalue weighted by atomic mass is 32.1. The third-order valence-corrected chi connectivity index (χ3v) is 12.5. The van der Waals surface area contributed by atoms with Gasteiger partial charge in [-0.05, 0) is 59.7 Å². The first kappa shape index (κ1) is 28.0. The van der Waals surface area contributed by atoms with Crippen LogP contribution in [0.3, 0.4) is 0 Å². The van der Waals surface area contributed by atoms with E-state index < -0.39 is 0 Å². The molecule has 3 heterocycles. The molecule has 0 fully saturated rings. The number of benzene rings is 8. The number of hydrogen-bond donors (Lipinski definition) is 0. The fourth-order valence-corrected chi connectivity index (χ4v) is 10.2. The van der Waals surface area contributed by atoms with Gasteiger partial charge in [-0.2, -0.15) is 0 Å². The van der Waals surface area contributed by atoms with Gasteiger partial charge in [-0.3, -0.25) is 0 Å². The zero-order valence-electron chi connectivity index (χ0n) is 26.8. The van der Waals surface area contributed by atoms with E-state index in [1.807, 2.05) is 34.8 Å². The molecule has 0 atom stereocenters. The second kappa shape index (κ2) is 10.8. The molecule has 0 saturated heterocycles. The van der Waals surface area contributed by atoms with Gasteiger partial charge in [-0.1, -0.05) is 115 Å². The Morgan fingerprint density at radius 3 is 1.72 bits per heavy atom. The van der Waals surface area contributed by atoms with Crippen molar-refractivity contribution in [2.45, 2.75) is 0 Å². The summed E-state index contributed by atoms with van der Waals surface area (Å²) in [4.78, 5) is 2.29. The number of fused-ring (bicyclic) bond motifs is 12. The number of para-hydroxylation sites is 3. The molecule has 8 aromatic carbocycles. The van der Waals surface area contributed by atoms with E-state index in [0.29, 0.717) is 0 Å². The molecule has 11 rings (SSSR count). The van der Waals surface area contributed by atoms with Crippen LogP contribution in [0, 0.1) is 0 Å². The molecule has 0 amide bonds. The number of nitrogens with zero attached hydrogens (tertiary/aromatic N) is 1. The lowest BCUT2D eigenvalue weighted by molar-refractivity contribution is 0.669. The molecule has 50 heavy (non-hydrogen) atoms. The number of thiophene rings is 2. The SMILES string of the molecule is c1ccc(N(c2ccc(-c3ccc4c(c3)sc3c4ccc4c3ccc3c5ccccc5sc34)cc2)c2cccc3c2oc2ccccc23)cc1. The Hall–Kier alpha value is -5.94. The highest BCUT2D eigenvalue weighted by Crippen LogP contribution is 2.46. The maximum atomic E-state index is 6.49. The smallest absolute Gasteiger partial charge is 0.159 e. The van der Waals surface area contributed by atoms with E-state index in [9.17, 15) is 0 Å². The summed E-state index contributed by atoms with van der Waals surface area (Å²) < 4.78 is 11.9. The van der Waals surface area contributed by atoms with Crippen molar-refractivity contribution in [2.75, 3.05) is 4.90 Å². The highest BCUT2D eigenvalue weighted by Gasteiger charge is 2.19. The van der Waals surface area contributed by atoms with E-state index in [-0.39, 0.29) is 0 Å². The van der Waals surface area contributed by atoms with E-state index in [4.69, 9.17) is 4.42 Å². The van der Waals surface area contributed by atoms with Crippen LogP contribution in [0.25, 0.3) is 84.2 Å².